The van der Waals surface area contributed by atoms with Crippen LogP contribution in [0.25, 0.3) is 0 Å². The minimum atomic E-state index is -0.605. The number of amides is 2. The van der Waals surface area contributed by atoms with E-state index in [-0.39, 0.29) is 11.9 Å². The average molecular weight is 459 g/mol. The number of esters is 1. The second-order valence-corrected chi connectivity index (χ2v) is 11.3. The number of rotatable bonds is 10. The minimum absolute atomic E-state index is 0.0175. The smallest absolute Gasteiger partial charge is 0.408 e. The van der Waals surface area contributed by atoms with Gasteiger partial charge in [0, 0.05) is 19.5 Å². The van der Waals surface area contributed by atoms with Crippen LogP contribution in [0.3, 0.4) is 0 Å². The number of likely N-dealkylation sites (tertiary alicyclic amines) is 1. The van der Waals surface area contributed by atoms with E-state index in [1.165, 1.54) is 0 Å². The number of hydrogen-bond donors (Lipinski definition) is 1. The Labute approximate surface area is 192 Å². The molecule has 2 amide bonds. The quantitative estimate of drug-likeness (QED) is 0.382. The lowest BCUT2D eigenvalue weighted by atomic mass is 10.1. The molecule has 1 aliphatic heterocycles. The van der Waals surface area contributed by atoms with Crippen molar-refractivity contribution >= 4 is 29.7 Å². The Morgan fingerprint density at radius 2 is 1.52 bits per heavy atom. The Kier molecular flexibility index (Phi) is 11.7. The molecular weight excluding hydrogens is 416 g/mol. The van der Waals surface area contributed by atoms with Gasteiger partial charge in [-0.2, -0.15) is 11.8 Å². The molecule has 1 atom stereocenters. The summed E-state index contributed by atoms with van der Waals surface area (Å²) in [7, 11) is 0. The second kappa shape index (κ2) is 13.2. The SMILES string of the molecule is CC(C)(C)OC(=O)CCCCSCCC(NC(=O)OC(C)(C)C)C(=O)N1CCCCC1. The number of thioether (sulfide) groups is 1. The molecule has 0 aromatic heterocycles. The highest BCUT2D eigenvalue weighted by atomic mass is 32.2. The lowest BCUT2D eigenvalue weighted by Crippen LogP contribution is -2.51. The van der Waals surface area contributed by atoms with Gasteiger partial charge in [0.15, 0.2) is 0 Å². The van der Waals surface area contributed by atoms with E-state index in [0.29, 0.717) is 12.8 Å². The van der Waals surface area contributed by atoms with Gasteiger partial charge in [-0.1, -0.05) is 0 Å². The number of carbonyl (C=O) groups excluding carboxylic acids is 3. The Hall–Kier alpha value is -1.44. The Morgan fingerprint density at radius 1 is 0.903 bits per heavy atom. The summed E-state index contributed by atoms with van der Waals surface area (Å²) in [6.07, 6.45) is 5.30. The molecule has 8 heteroatoms. The van der Waals surface area contributed by atoms with Gasteiger partial charge in [-0.05, 0) is 91.6 Å². The predicted molar refractivity (Wildman–Crippen MR) is 125 cm³/mol. The van der Waals surface area contributed by atoms with Crippen molar-refractivity contribution in [1.82, 2.24) is 10.2 Å². The van der Waals surface area contributed by atoms with E-state index in [1.54, 1.807) is 32.5 Å². The van der Waals surface area contributed by atoms with Gasteiger partial charge >= 0.3 is 12.1 Å². The molecule has 0 aliphatic carbocycles. The molecule has 1 aliphatic rings. The van der Waals surface area contributed by atoms with Crippen LogP contribution in [-0.2, 0) is 19.1 Å². The summed E-state index contributed by atoms with van der Waals surface area (Å²) in [5.74, 6) is 1.48. The predicted octanol–water partition coefficient (Wildman–Crippen LogP) is 4.53. The molecular formula is C23H42N2O5S. The molecule has 1 N–H and O–H groups in total. The van der Waals surface area contributed by atoms with Crippen molar-refractivity contribution in [1.29, 1.82) is 0 Å². The molecule has 7 nitrogen and oxygen atoms in total. The van der Waals surface area contributed by atoms with Crippen LogP contribution >= 0.6 is 11.8 Å². The maximum Gasteiger partial charge on any atom is 0.408 e. The summed E-state index contributed by atoms with van der Waals surface area (Å²) >= 11 is 1.74. The first-order chi connectivity index (χ1) is 14.4. The first-order valence-electron chi connectivity index (χ1n) is 11.5. The molecule has 31 heavy (non-hydrogen) atoms. The number of nitrogens with zero attached hydrogens (tertiary/aromatic N) is 1. The van der Waals surface area contributed by atoms with Crippen LogP contribution < -0.4 is 5.32 Å². The van der Waals surface area contributed by atoms with Crippen LogP contribution in [0.5, 0.6) is 0 Å². The van der Waals surface area contributed by atoms with E-state index in [9.17, 15) is 14.4 Å². The molecule has 0 bridgehead atoms. The first kappa shape index (κ1) is 27.6. The van der Waals surface area contributed by atoms with Crippen molar-refractivity contribution in [3.63, 3.8) is 0 Å². The number of ether oxygens (including phenoxy) is 2. The van der Waals surface area contributed by atoms with Crippen molar-refractivity contribution in [3.05, 3.63) is 0 Å². The minimum Gasteiger partial charge on any atom is -0.460 e. The highest BCUT2D eigenvalue weighted by Crippen LogP contribution is 2.16. The summed E-state index contributed by atoms with van der Waals surface area (Å²) in [5, 5.41) is 2.78. The molecule has 1 fully saturated rings. The van der Waals surface area contributed by atoms with E-state index in [0.717, 1.165) is 56.7 Å². The third-order valence-corrected chi connectivity index (χ3v) is 5.65. The van der Waals surface area contributed by atoms with Crippen LogP contribution in [0.4, 0.5) is 4.79 Å². The van der Waals surface area contributed by atoms with E-state index < -0.39 is 23.3 Å². The number of nitrogens with one attached hydrogen (secondary N) is 1. The van der Waals surface area contributed by atoms with Gasteiger partial charge < -0.3 is 19.7 Å². The molecule has 1 heterocycles. The fourth-order valence-electron chi connectivity index (χ4n) is 3.21. The fraction of sp³-hybridized carbons (Fsp3) is 0.870. The van der Waals surface area contributed by atoms with Gasteiger partial charge in [0.1, 0.15) is 17.2 Å². The molecule has 0 aromatic rings. The third-order valence-electron chi connectivity index (χ3n) is 4.55. The third kappa shape index (κ3) is 13.6. The summed E-state index contributed by atoms with van der Waals surface area (Å²) < 4.78 is 10.7. The molecule has 0 radical (unpaired) electrons. The van der Waals surface area contributed by atoms with Crippen molar-refractivity contribution in [2.24, 2.45) is 0 Å². The lowest BCUT2D eigenvalue weighted by Gasteiger charge is -2.31. The first-order valence-corrected chi connectivity index (χ1v) is 12.6. The largest absolute Gasteiger partial charge is 0.460 e. The summed E-state index contributed by atoms with van der Waals surface area (Å²) in [5.41, 5.74) is -1.05. The van der Waals surface area contributed by atoms with Crippen LogP contribution in [0.2, 0.25) is 0 Å². The lowest BCUT2D eigenvalue weighted by molar-refractivity contribution is -0.154. The normalized spacial score (nSPS) is 15.9. The number of unbranched alkanes of at least 4 members (excludes halogenated alkanes) is 1. The van der Waals surface area contributed by atoms with Crippen LogP contribution in [-0.4, -0.2) is 64.7 Å². The Bertz CT molecular complexity index is 577. The van der Waals surface area contributed by atoms with E-state index in [1.807, 2.05) is 25.7 Å². The second-order valence-electron chi connectivity index (χ2n) is 10.0. The maximum atomic E-state index is 12.9. The van der Waals surface area contributed by atoms with Crippen LogP contribution in [0.15, 0.2) is 0 Å². The number of carbonyl (C=O) groups is 3. The molecule has 0 spiro atoms. The molecule has 180 valence electrons. The highest BCUT2D eigenvalue weighted by molar-refractivity contribution is 7.99. The van der Waals surface area contributed by atoms with Gasteiger partial charge in [-0.15, -0.1) is 0 Å². The molecule has 1 saturated heterocycles. The average Bonchev–Trinajstić information content (AvgIpc) is 2.63. The highest BCUT2D eigenvalue weighted by Gasteiger charge is 2.28. The van der Waals surface area contributed by atoms with Gasteiger partial charge in [0.05, 0.1) is 0 Å². The van der Waals surface area contributed by atoms with Gasteiger partial charge in [-0.3, -0.25) is 9.59 Å². The Balaban J connectivity index is 2.40. The van der Waals surface area contributed by atoms with E-state index >= 15 is 0 Å². The van der Waals surface area contributed by atoms with Crippen molar-refractivity contribution in [2.45, 2.75) is 104 Å². The summed E-state index contributed by atoms with van der Waals surface area (Å²) in [6, 6.07) is -0.567. The fourth-order valence-corrected chi connectivity index (χ4v) is 4.23. The molecule has 1 rings (SSSR count). The van der Waals surface area contributed by atoms with Gasteiger partial charge in [0.25, 0.3) is 0 Å². The molecule has 0 aromatic carbocycles. The van der Waals surface area contributed by atoms with E-state index in [4.69, 9.17) is 9.47 Å². The summed E-state index contributed by atoms with van der Waals surface area (Å²) in [4.78, 5) is 38.8. The van der Waals surface area contributed by atoms with Crippen molar-refractivity contribution in [2.75, 3.05) is 24.6 Å². The zero-order valence-electron chi connectivity index (χ0n) is 20.3. The summed E-state index contributed by atoms with van der Waals surface area (Å²) in [6.45, 7) is 12.5. The maximum absolute atomic E-state index is 12.9. The van der Waals surface area contributed by atoms with Crippen molar-refractivity contribution < 1.29 is 23.9 Å². The zero-order valence-corrected chi connectivity index (χ0v) is 21.1. The van der Waals surface area contributed by atoms with E-state index in [2.05, 4.69) is 5.32 Å². The number of alkyl carbamates (subject to hydrolysis) is 1. The van der Waals surface area contributed by atoms with Crippen molar-refractivity contribution in [3.8, 4) is 0 Å². The molecule has 0 saturated carbocycles. The standard InChI is InChI=1S/C23H42N2O5S/c1-22(2,3)29-19(26)12-8-11-16-31-17-13-18(24-21(28)30-23(4,5)6)20(27)25-14-9-7-10-15-25/h18H,7-17H2,1-6H3,(H,24,28). The van der Waals surface area contributed by atoms with Crippen LogP contribution in [0.1, 0.15) is 86.5 Å². The zero-order chi connectivity index (χ0) is 23.5. The monoisotopic (exact) mass is 458 g/mol. The Morgan fingerprint density at radius 3 is 2.10 bits per heavy atom. The topological polar surface area (TPSA) is 84.9 Å². The van der Waals surface area contributed by atoms with Gasteiger partial charge in [-0.25, -0.2) is 4.79 Å². The van der Waals surface area contributed by atoms with Crippen LogP contribution in [0, 0.1) is 0 Å². The number of piperidine rings is 1. The van der Waals surface area contributed by atoms with Gasteiger partial charge in [0.2, 0.25) is 5.91 Å². The molecule has 1 unspecified atom stereocenters. The number of hydrogen-bond acceptors (Lipinski definition) is 6.